The fourth-order valence-electron chi connectivity index (χ4n) is 4.45. The number of aromatic nitrogens is 1. The van der Waals surface area contributed by atoms with E-state index >= 15 is 0 Å². The van der Waals surface area contributed by atoms with E-state index in [2.05, 4.69) is 92.8 Å². The Kier molecular flexibility index (Phi) is 10.8. The summed E-state index contributed by atoms with van der Waals surface area (Å²) in [6, 6.07) is 16.1. The summed E-state index contributed by atoms with van der Waals surface area (Å²) in [6.45, 7) is 14.5. The Bertz CT molecular complexity index is 1050. The number of carbonyl (C=O) groups excluding carboxylic acids is 1. The minimum Gasteiger partial charge on any atom is -0.462 e. The van der Waals surface area contributed by atoms with Gasteiger partial charge in [0.2, 0.25) is 0 Å². The Morgan fingerprint density at radius 2 is 1.79 bits per heavy atom. The fraction of sp³-hybridized carbons (Fsp3) is 0.483. The zero-order valence-corrected chi connectivity index (χ0v) is 23.5. The van der Waals surface area contributed by atoms with Gasteiger partial charge in [-0.05, 0) is 81.5 Å². The van der Waals surface area contributed by atoms with Crippen LogP contribution in [0.4, 0.5) is 0 Å². The Labute approximate surface area is 214 Å². The number of nitrogens with zero attached hydrogens (tertiary/aromatic N) is 2. The largest absolute Gasteiger partial charge is 0.462 e. The van der Waals surface area contributed by atoms with E-state index in [9.17, 15) is 4.79 Å². The molecule has 0 saturated carbocycles. The number of hydrogen-bond acceptors (Lipinski definition) is 3. The predicted molar refractivity (Wildman–Crippen MR) is 147 cm³/mol. The first-order valence-electron chi connectivity index (χ1n) is 12.4. The second kappa shape index (κ2) is 13.1. The SMILES string of the molecule is CC.CC(C)(C)OC=O.CCN(CCc1cn(C)c2ccccc12)C1Cc2ccc(Br)cc2C1. The number of likely N-dealkylation sites (N-methyl/N-ethyl adjacent to an activating group) is 1. The summed E-state index contributed by atoms with van der Waals surface area (Å²) in [6.07, 6.45) is 5.79. The van der Waals surface area contributed by atoms with E-state index in [1.807, 2.05) is 34.6 Å². The molecule has 0 spiro atoms. The Morgan fingerprint density at radius 3 is 2.41 bits per heavy atom. The maximum absolute atomic E-state index is 9.60. The van der Waals surface area contributed by atoms with Crippen molar-refractivity contribution in [2.24, 2.45) is 7.05 Å². The minimum atomic E-state index is -0.318. The molecule has 34 heavy (non-hydrogen) atoms. The molecule has 1 aromatic heterocycles. The number of carbonyl (C=O) groups is 1. The lowest BCUT2D eigenvalue weighted by Gasteiger charge is -2.27. The molecule has 1 atom stereocenters. The van der Waals surface area contributed by atoms with Gasteiger partial charge in [0.1, 0.15) is 5.60 Å². The smallest absolute Gasteiger partial charge is 0.293 e. The van der Waals surface area contributed by atoms with E-state index in [-0.39, 0.29) is 5.60 Å². The van der Waals surface area contributed by atoms with Crippen LogP contribution in [-0.4, -0.2) is 40.7 Å². The molecule has 186 valence electrons. The molecule has 0 bridgehead atoms. The van der Waals surface area contributed by atoms with Crippen LogP contribution in [0, 0.1) is 0 Å². The molecule has 1 aliphatic carbocycles. The van der Waals surface area contributed by atoms with E-state index in [0.717, 1.165) is 19.5 Å². The number of para-hydroxylation sites is 1. The molecule has 2 aromatic carbocycles. The fourth-order valence-corrected chi connectivity index (χ4v) is 4.86. The Balaban J connectivity index is 0.000000393. The molecule has 4 nitrogen and oxygen atoms in total. The van der Waals surface area contributed by atoms with Gasteiger partial charge >= 0.3 is 0 Å². The summed E-state index contributed by atoms with van der Waals surface area (Å²) < 4.78 is 8.00. The number of fused-ring (bicyclic) bond motifs is 2. The van der Waals surface area contributed by atoms with Crippen molar-refractivity contribution < 1.29 is 9.53 Å². The lowest BCUT2D eigenvalue weighted by Crippen LogP contribution is -2.37. The third-order valence-corrected chi connectivity index (χ3v) is 6.54. The normalized spacial score (nSPS) is 14.7. The molecule has 0 N–H and O–H groups in total. The molecule has 1 aliphatic rings. The first-order chi connectivity index (χ1) is 16.2. The third kappa shape index (κ3) is 7.71. The van der Waals surface area contributed by atoms with E-state index in [1.165, 1.54) is 44.9 Å². The van der Waals surface area contributed by atoms with E-state index in [4.69, 9.17) is 0 Å². The van der Waals surface area contributed by atoms with Crippen LogP contribution >= 0.6 is 15.9 Å². The van der Waals surface area contributed by atoms with Crippen LogP contribution in [0.15, 0.2) is 53.1 Å². The summed E-state index contributed by atoms with van der Waals surface area (Å²) in [5, 5.41) is 1.40. The van der Waals surface area contributed by atoms with Crippen molar-refractivity contribution in [3.63, 3.8) is 0 Å². The minimum absolute atomic E-state index is 0.318. The van der Waals surface area contributed by atoms with Gasteiger partial charge in [0.05, 0.1) is 0 Å². The van der Waals surface area contributed by atoms with Crippen molar-refractivity contribution >= 4 is 33.3 Å². The standard InChI is InChI=1S/C22H25BrN2.C5H10O2.C2H6/c1-3-25(20-13-16-8-9-19(23)12-18(16)14-20)11-10-17-15-24(2)22-7-5-4-6-21(17)22;1-5(2,3)7-4-6;1-2/h4-9,12,15,20H,3,10-11,13-14H2,1-2H3;4H,1-3H3;1-2H3. The quantitative estimate of drug-likeness (QED) is 0.324. The lowest BCUT2D eigenvalue weighted by molar-refractivity contribution is -0.138. The van der Waals surface area contributed by atoms with Gasteiger partial charge in [0, 0.05) is 41.2 Å². The van der Waals surface area contributed by atoms with E-state index in [0.29, 0.717) is 12.5 Å². The summed E-state index contributed by atoms with van der Waals surface area (Å²) in [4.78, 5) is 12.3. The number of halogens is 1. The van der Waals surface area contributed by atoms with Crippen molar-refractivity contribution in [1.29, 1.82) is 0 Å². The maximum Gasteiger partial charge on any atom is 0.293 e. The third-order valence-electron chi connectivity index (χ3n) is 6.05. The molecular formula is C29H41BrN2O2. The maximum atomic E-state index is 9.60. The zero-order valence-electron chi connectivity index (χ0n) is 21.9. The van der Waals surface area contributed by atoms with Gasteiger partial charge in [-0.3, -0.25) is 9.69 Å². The molecule has 0 saturated heterocycles. The molecule has 0 amide bonds. The highest BCUT2D eigenvalue weighted by Gasteiger charge is 2.26. The highest BCUT2D eigenvalue weighted by atomic mass is 79.9. The molecule has 5 heteroatoms. The van der Waals surface area contributed by atoms with E-state index < -0.39 is 0 Å². The number of hydrogen-bond donors (Lipinski definition) is 0. The topological polar surface area (TPSA) is 34.5 Å². The second-order valence-corrected chi connectivity index (χ2v) is 10.4. The predicted octanol–water partition coefficient (Wildman–Crippen LogP) is 6.96. The molecule has 3 aromatic rings. The highest BCUT2D eigenvalue weighted by Crippen LogP contribution is 2.29. The molecule has 0 radical (unpaired) electrons. The molecule has 1 heterocycles. The van der Waals surface area contributed by atoms with Gasteiger partial charge in [-0.1, -0.05) is 61.0 Å². The first kappa shape index (κ1) is 28.1. The van der Waals surface area contributed by atoms with Gasteiger partial charge in [0.25, 0.3) is 6.47 Å². The van der Waals surface area contributed by atoms with Crippen molar-refractivity contribution in [3.05, 3.63) is 69.8 Å². The summed E-state index contributed by atoms with van der Waals surface area (Å²) in [5.74, 6) is 0. The van der Waals surface area contributed by atoms with Crippen molar-refractivity contribution in [1.82, 2.24) is 9.47 Å². The van der Waals surface area contributed by atoms with Crippen LogP contribution in [0.1, 0.15) is 58.2 Å². The number of benzene rings is 2. The molecule has 4 rings (SSSR count). The number of rotatable bonds is 6. The average molecular weight is 530 g/mol. The van der Waals surface area contributed by atoms with Gasteiger partial charge in [0.15, 0.2) is 0 Å². The van der Waals surface area contributed by atoms with Gasteiger partial charge < -0.3 is 9.30 Å². The monoisotopic (exact) mass is 528 g/mol. The number of aryl methyl sites for hydroxylation is 1. The molecule has 0 aliphatic heterocycles. The Morgan fingerprint density at radius 1 is 1.12 bits per heavy atom. The summed E-state index contributed by atoms with van der Waals surface area (Å²) in [7, 11) is 2.15. The molecular weight excluding hydrogens is 488 g/mol. The van der Waals surface area contributed by atoms with Crippen LogP contribution in [0.25, 0.3) is 10.9 Å². The lowest BCUT2D eigenvalue weighted by atomic mass is 10.1. The first-order valence-corrected chi connectivity index (χ1v) is 13.2. The van der Waals surface area contributed by atoms with Gasteiger partial charge in [-0.25, -0.2) is 0 Å². The number of ether oxygens (including phenoxy) is 1. The van der Waals surface area contributed by atoms with Crippen molar-refractivity contribution in [3.8, 4) is 0 Å². The van der Waals surface area contributed by atoms with Crippen molar-refractivity contribution in [2.45, 2.75) is 72.4 Å². The molecule has 1 unspecified atom stereocenters. The zero-order chi connectivity index (χ0) is 25.3. The highest BCUT2D eigenvalue weighted by molar-refractivity contribution is 9.10. The summed E-state index contributed by atoms with van der Waals surface area (Å²) in [5.41, 5.74) is 5.52. The average Bonchev–Trinajstić information content (AvgIpc) is 3.36. The van der Waals surface area contributed by atoms with Crippen LogP contribution in [0.5, 0.6) is 0 Å². The van der Waals surface area contributed by atoms with Crippen LogP contribution in [0.2, 0.25) is 0 Å². The van der Waals surface area contributed by atoms with Crippen molar-refractivity contribution in [2.75, 3.05) is 13.1 Å². The second-order valence-electron chi connectivity index (χ2n) is 9.46. The van der Waals surface area contributed by atoms with Gasteiger partial charge in [-0.15, -0.1) is 0 Å². The van der Waals surface area contributed by atoms with E-state index in [1.54, 1.807) is 0 Å². The van der Waals surface area contributed by atoms with Gasteiger partial charge in [-0.2, -0.15) is 0 Å². The summed E-state index contributed by atoms with van der Waals surface area (Å²) >= 11 is 3.61. The Hall–Kier alpha value is -2.11. The molecule has 0 fully saturated rings. The van der Waals surface area contributed by atoms with Crippen LogP contribution in [0.3, 0.4) is 0 Å². The van der Waals surface area contributed by atoms with Crippen LogP contribution < -0.4 is 0 Å². The van der Waals surface area contributed by atoms with Crippen LogP contribution in [-0.2, 0) is 35.8 Å².